The fourth-order valence-electron chi connectivity index (χ4n) is 3.00. The van der Waals surface area contributed by atoms with E-state index in [0.29, 0.717) is 31.4 Å². The lowest BCUT2D eigenvalue weighted by atomic mass is 10.0. The van der Waals surface area contributed by atoms with E-state index < -0.39 is 6.10 Å². The number of nitrogens with one attached hydrogen (secondary N) is 1. The fraction of sp³-hybridized carbons (Fsp3) is 0.364. The van der Waals surface area contributed by atoms with Crippen LogP contribution in [0.4, 0.5) is 10.5 Å². The number of anilines is 1. The Bertz CT molecular complexity index is 850. The van der Waals surface area contributed by atoms with Gasteiger partial charge >= 0.3 is 6.09 Å². The second kappa shape index (κ2) is 8.78. The van der Waals surface area contributed by atoms with Gasteiger partial charge in [0.1, 0.15) is 12.4 Å². The first-order valence-electron chi connectivity index (χ1n) is 9.51. The maximum atomic E-state index is 12.4. The maximum absolute atomic E-state index is 12.4. The van der Waals surface area contributed by atoms with Crippen molar-refractivity contribution in [3.05, 3.63) is 59.7 Å². The van der Waals surface area contributed by atoms with E-state index in [2.05, 4.69) is 19.2 Å². The van der Waals surface area contributed by atoms with Crippen LogP contribution in [0.15, 0.2) is 48.5 Å². The van der Waals surface area contributed by atoms with Crippen molar-refractivity contribution >= 4 is 17.7 Å². The van der Waals surface area contributed by atoms with Gasteiger partial charge in [-0.15, -0.1) is 0 Å². The van der Waals surface area contributed by atoms with E-state index in [9.17, 15) is 9.59 Å². The normalized spacial score (nSPS) is 14.7. The zero-order valence-corrected chi connectivity index (χ0v) is 16.5. The predicted molar refractivity (Wildman–Crippen MR) is 108 cm³/mol. The third-order valence-electron chi connectivity index (χ3n) is 4.66. The number of hydrogen-bond acceptors (Lipinski definition) is 4. The first-order chi connectivity index (χ1) is 13.4. The minimum Gasteiger partial charge on any atom is -0.481 e. The van der Waals surface area contributed by atoms with Crippen molar-refractivity contribution in [1.82, 2.24) is 5.32 Å². The highest BCUT2D eigenvalue weighted by Crippen LogP contribution is 2.22. The third kappa shape index (κ3) is 4.82. The fourth-order valence-corrected chi connectivity index (χ4v) is 3.00. The first kappa shape index (κ1) is 19.7. The zero-order chi connectivity index (χ0) is 20.1. The number of hydrogen-bond donors (Lipinski definition) is 1. The molecule has 6 heteroatoms. The highest BCUT2D eigenvalue weighted by Gasteiger charge is 2.23. The van der Waals surface area contributed by atoms with Gasteiger partial charge in [-0.3, -0.25) is 9.69 Å². The van der Waals surface area contributed by atoms with E-state index in [0.717, 1.165) is 11.3 Å². The summed E-state index contributed by atoms with van der Waals surface area (Å²) in [5.74, 6) is 0.886. The molecule has 1 fully saturated rings. The van der Waals surface area contributed by atoms with E-state index in [1.165, 1.54) is 5.56 Å². The van der Waals surface area contributed by atoms with Crippen molar-refractivity contribution in [2.45, 2.75) is 39.3 Å². The standard InChI is InChI=1S/C22H26N2O4/c1-15(2)18-7-5-9-20(13-18)28-16(3)21(25)23-14-17-6-4-8-19(12-17)24-10-11-27-22(24)26/h4-9,12-13,15-16H,10-11,14H2,1-3H3,(H,23,25)/t16-/m0/s1. The summed E-state index contributed by atoms with van der Waals surface area (Å²) >= 11 is 0. The molecule has 0 radical (unpaired) electrons. The number of rotatable bonds is 7. The molecule has 1 saturated heterocycles. The highest BCUT2D eigenvalue weighted by molar-refractivity contribution is 5.89. The van der Waals surface area contributed by atoms with Gasteiger partial charge < -0.3 is 14.8 Å². The van der Waals surface area contributed by atoms with Crippen LogP contribution in [0.2, 0.25) is 0 Å². The molecule has 0 aromatic heterocycles. The number of nitrogens with zero attached hydrogens (tertiary/aromatic N) is 1. The van der Waals surface area contributed by atoms with Gasteiger partial charge in [-0.1, -0.05) is 38.1 Å². The van der Waals surface area contributed by atoms with Crippen LogP contribution < -0.4 is 15.0 Å². The molecule has 0 saturated carbocycles. The number of carbonyl (C=O) groups is 2. The van der Waals surface area contributed by atoms with Gasteiger partial charge in [0.2, 0.25) is 0 Å². The second-order valence-electron chi connectivity index (χ2n) is 7.14. The average molecular weight is 382 g/mol. The van der Waals surface area contributed by atoms with Crippen LogP contribution in [-0.2, 0) is 16.1 Å². The van der Waals surface area contributed by atoms with Gasteiger partial charge in [0.05, 0.1) is 6.54 Å². The van der Waals surface area contributed by atoms with Gasteiger partial charge in [-0.2, -0.15) is 0 Å². The van der Waals surface area contributed by atoms with Gasteiger partial charge in [-0.25, -0.2) is 4.79 Å². The van der Waals surface area contributed by atoms with Crippen molar-refractivity contribution in [3.8, 4) is 5.75 Å². The first-order valence-corrected chi connectivity index (χ1v) is 9.51. The number of ether oxygens (including phenoxy) is 2. The number of carbonyl (C=O) groups excluding carboxylic acids is 2. The van der Waals surface area contributed by atoms with Crippen molar-refractivity contribution in [2.24, 2.45) is 0 Å². The molecular weight excluding hydrogens is 356 g/mol. The summed E-state index contributed by atoms with van der Waals surface area (Å²) in [5, 5.41) is 2.89. The highest BCUT2D eigenvalue weighted by atomic mass is 16.6. The lowest BCUT2D eigenvalue weighted by Gasteiger charge is -2.17. The average Bonchev–Trinajstić information content (AvgIpc) is 3.12. The molecule has 1 aliphatic heterocycles. The molecular formula is C22H26N2O4. The van der Waals surface area contributed by atoms with Gasteiger partial charge in [0, 0.05) is 12.2 Å². The zero-order valence-electron chi connectivity index (χ0n) is 16.5. The molecule has 0 aliphatic carbocycles. The topological polar surface area (TPSA) is 67.9 Å². The molecule has 2 aromatic rings. The lowest BCUT2D eigenvalue weighted by molar-refractivity contribution is -0.127. The minimum absolute atomic E-state index is 0.194. The number of amides is 2. The van der Waals surface area contributed by atoms with Gasteiger partial charge in [0.25, 0.3) is 5.91 Å². The van der Waals surface area contributed by atoms with E-state index in [4.69, 9.17) is 9.47 Å². The summed E-state index contributed by atoms with van der Waals surface area (Å²) in [6.45, 7) is 7.25. The minimum atomic E-state index is -0.612. The Morgan fingerprint density at radius 1 is 1.18 bits per heavy atom. The molecule has 1 N–H and O–H groups in total. The van der Waals surface area contributed by atoms with Crippen LogP contribution in [0.1, 0.15) is 37.8 Å². The van der Waals surface area contributed by atoms with Crippen LogP contribution in [0.5, 0.6) is 5.75 Å². The molecule has 0 bridgehead atoms. The molecule has 148 valence electrons. The van der Waals surface area contributed by atoms with Crippen LogP contribution >= 0.6 is 0 Å². The Kier molecular flexibility index (Phi) is 6.19. The Balaban J connectivity index is 1.56. The Morgan fingerprint density at radius 3 is 2.68 bits per heavy atom. The van der Waals surface area contributed by atoms with E-state index in [1.807, 2.05) is 48.5 Å². The van der Waals surface area contributed by atoms with E-state index in [1.54, 1.807) is 11.8 Å². The lowest BCUT2D eigenvalue weighted by Crippen LogP contribution is -2.36. The van der Waals surface area contributed by atoms with Crippen molar-refractivity contribution in [1.29, 1.82) is 0 Å². The summed E-state index contributed by atoms with van der Waals surface area (Å²) in [5.41, 5.74) is 2.84. The summed E-state index contributed by atoms with van der Waals surface area (Å²) < 4.78 is 10.8. The van der Waals surface area contributed by atoms with Crippen molar-refractivity contribution in [3.63, 3.8) is 0 Å². The van der Waals surface area contributed by atoms with Crippen LogP contribution in [-0.4, -0.2) is 31.3 Å². The predicted octanol–water partition coefficient (Wildman–Crippen LogP) is 3.85. The molecule has 1 atom stereocenters. The van der Waals surface area contributed by atoms with Crippen LogP contribution in [0.25, 0.3) is 0 Å². The quantitative estimate of drug-likeness (QED) is 0.790. The molecule has 3 rings (SSSR count). The van der Waals surface area contributed by atoms with Crippen LogP contribution in [0, 0.1) is 0 Å². The molecule has 6 nitrogen and oxygen atoms in total. The summed E-state index contributed by atoms with van der Waals surface area (Å²) in [6, 6.07) is 15.3. The molecule has 1 heterocycles. The molecule has 28 heavy (non-hydrogen) atoms. The summed E-state index contributed by atoms with van der Waals surface area (Å²) in [6.07, 6.45) is -0.953. The van der Waals surface area contributed by atoms with Crippen molar-refractivity contribution < 1.29 is 19.1 Å². The monoisotopic (exact) mass is 382 g/mol. The summed E-state index contributed by atoms with van der Waals surface area (Å²) in [4.78, 5) is 25.7. The summed E-state index contributed by atoms with van der Waals surface area (Å²) in [7, 11) is 0. The number of benzene rings is 2. The van der Waals surface area contributed by atoms with Crippen LogP contribution in [0.3, 0.4) is 0 Å². The van der Waals surface area contributed by atoms with E-state index >= 15 is 0 Å². The Labute approximate surface area is 165 Å². The largest absolute Gasteiger partial charge is 0.481 e. The third-order valence-corrected chi connectivity index (χ3v) is 4.66. The van der Waals surface area contributed by atoms with Gasteiger partial charge in [0.15, 0.2) is 6.10 Å². The number of cyclic esters (lactones) is 1. The van der Waals surface area contributed by atoms with E-state index in [-0.39, 0.29) is 12.0 Å². The molecule has 2 amide bonds. The molecule has 2 aromatic carbocycles. The maximum Gasteiger partial charge on any atom is 0.414 e. The Morgan fingerprint density at radius 2 is 1.96 bits per heavy atom. The smallest absolute Gasteiger partial charge is 0.414 e. The molecule has 1 aliphatic rings. The second-order valence-corrected chi connectivity index (χ2v) is 7.14. The Hall–Kier alpha value is -3.02. The van der Waals surface area contributed by atoms with Gasteiger partial charge in [-0.05, 0) is 48.2 Å². The SMILES string of the molecule is CC(C)c1cccc(O[C@@H](C)C(=O)NCc2cccc(N3CCOC3=O)c2)c1. The van der Waals surface area contributed by atoms with Crippen molar-refractivity contribution in [2.75, 3.05) is 18.1 Å². The molecule has 0 unspecified atom stereocenters. The molecule has 0 spiro atoms.